The fraction of sp³-hybridized carbons (Fsp3) is 0.111. The molecule has 0 bridgehead atoms. The Balaban J connectivity index is 2.07. The van der Waals surface area contributed by atoms with Crippen LogP contribution in [0.1, 0.15) is 27.8 Å². The van der Waals surface area contributed by atoms with Crippen LogP contribution in [0.5, 0.6) is 0 Å². The summed E-state index contributed by atoms with van der Waals surface area (Å²) in [5.41, 5.74) is 14.2. The average molecular weight is 247 g/mol. The van der Waals surface area contributed by atoms with Gasteiger partial charge in [-0.2, -0.15) is 0 Å². The number of benzene rings is 2. The Morgan fingerprint density at radius 1 is 0.947 bits per heavy atom. The van der Waals surface area contributed by atoms with Crippen molar-refractivity contribution in [2.75, 3.05) is 5.73 Å². The van der Waals surface area contributed by atoms with E-state index in [1.54, 1.807) is 0 Å². The highest BCUT2D eigenvalue weighted by molar-refractivity contribution is 5.97. The molecule has 2 N–H and O–H groups in total. The van der Waals surface area contributed by atoms with Crippen molar-refractivity contribution >= 4 is 23.4 Å². The Labute approximate surface area is 114 Å². The Kier molecular flexibility index (Phi) is 2.75. The molecule has 0 saturated carbocycles. The molecule has 0 spiro atoms. The Bertz CT molecular complexity index is 682. The van der Waals surface area contributed by atoms with Gasteiger partial charge in [0, 0.05) is 5.69 Å². The van der Waals surface area contributed by atoms with E-state index < -0.39 is 0 Å². The normalized spacial score (nSPS) is 14.9. The average Bonchev–Trinajstić information content (AvgIpc) is 2.79. The molecular weight excluding hydrogens is 230 g/mol. The minimum atomic E-state index is 0.893. The molecule has 0 radical (unpaired) electrons. The molecule has 2 aromatic rings. The highest BCUT2D eigenvalue weighted by atomic mass is 14.6. The van der Waals surface area contributed by atoms with Crippen molar-refractivity contribution in [2.45, 2.75) is 13.8 Å². The smallest absolute Gasteiger partial charge is 0.0373 e. The molecular formula is C18H17N. The standard InChI is InChI=1S/C18H17N/c1-12-9-14(10-13(2)18(12)19)11-16-8-7-15-5-3-4-6-17(15)16/h3-11H,19H2,1-2H3/b16-11-. The summed E-state index contributed by atoms with van der Waals surface area (Å²) in [5.74, 6) is 0. The monoisotopic (exact) mass is 247 g/mol. The lowest BCUT2D eigenvalue weighted by molar-refractivity contribution is 1.38. The maximum absolute atomic E-state index is 6.00. The molecule has 0 amide bonds. The van der Waals surface area contributed by atoms with Crippen LogP contribution in [0.2, 0.25) is 0 Å². The minimum absolute atomic E-state index is 0.893. The highest BCUT2D eigenvalue weighted by Gasteiger charge is 2.09. The quantitative estimate of drug-likeness (QED) is 0.740. The molecule has 0 heterocycles. The van der Waals surface area contributed by atoms with Crippen molar-refractivity contribution in [3.05, 3.63) is 70.3 Å². The van der Waals surface area contributed by atoms with Crippen molar-refractivity contribution in [1.29, 1.82) is 0 Å². The fourth-order valence-corrected chi connectivity index (χ4v) is 2.57. The summed E-state index contributed by atoms with van der Waals surface area (Å²) >= 11 is 0. The van der Waals surface area contributed by atoms with Gasteiger partial charge in [0.15, 0.2) is 0 Å². The molecule has 3 rings (SSSR count). The SMILES string of the molecule is Cc1cc(/C=C2/C=Cc3ccccc32)cc(C)c1N. The van der Waals surface area contributed by atoms with Gasteiger partial charge in [0.25, 0.3) is 0 Å². The zero-order chi connectivity index (χ0) is 13.4. The molecule has 0 saturated heterocycles. The molecule has 0 fully saturated rings. The fourth-order valence-electron chi connectivity index (χ4n) is 2.57. The number of nitrogens with two attached hydrogens (primary N) is 1. The minimum Gasteiger partial charge on any atom is -0.398 e. The second-order valence-corrected chi connectivity index (χ2v) is 5.09. The molecule has 0 unspecified atom stereocenters. The number of hydrogen-bond acceptors (Lipinski definition) is 1. The van der Waals surface area contributed by atoms with E-state index in [4.69, 9.17) is 5.73 Å². The predicted molar refractivity (Wildman–Crippen MR) is 83.7 cm³/mol. The van der Waals surface area contributed by atoms with E-state index in [0.29, 0.717) is 0 Å². The molecule has 19 heavy (non-hydrogen) atoms. The van der Waals surface area contributed by atoms with E-state index >= 15 is 0 Å². The summed E-state index contributed by atoms with van der Waals surface area (Å²) in [4.78, 5) is 0. The van der Waals surface area contributed by atoms with Crippen LogP contribution < -0.4 is 5.73 Å². The van der Waals surface area contributed by atoms with Crippen LogP contribution in [0.4, 0.5) is 5.69 Å². The van der Waals surface area contributed by atoms with Crippen molar-refractivity contribution in [1.82, 2.24) is 0 Å². The number of nitrogen functional groups attached to an aromatic ring is 1. The first-order chi connectivity index (χ1) is 9.15. The lowest BCUT2D eigenvalue weighted by Crippen LogP contribution is -1.94. The predicted octanol–water partition coefficient (Wildman–Crippen LogP) is 4.45. The largest absolute Gasteiger partial charge is 0.398 e. The van der Waals surface area contributed by atoms with Crippen molar-refractivity contribution in [3.8, 4) is 0 Å². The Hall–Kier alpha value is -2.28. The zero-order valence-corrected chi connectivity index (χ0v) is 11.3. The van der Waals surface area contributed by atoms with Crippen molar-refractivity contribution in [3.63, 3.8) is 0 Å². The van der Waals surface area contributed by atoms with Gasteiger partial charge in [-0.05, 0) is 65.4 Å². The number of anilines is 1. The lowest BCUT2D eigenvalue weighted by atomic mass is 10.0. The maximum atomic E-state index is 6.00. The summed E-state index contributed by atoms with van der Waals surface area (Å²) in [6, 6.07) is 12.8. The Morgan fingerprint density at radius 2 is 1.63 bits per heavy atom. The van der Waals surface area contributed by atoms with Gasteiger partial charge in [0.05, 0.1) is 0 Å². The molecule has 1 aliphatic carbocycles. The van der Waals surface area contributed by atoms with Crippen LogP contribution in [0.25, 0.3) is 17.7 Å². The van der Waals surface area contributed by atoms with Gasteiger partial charge in [-0.3, -0.25) is 0 Å². The van der Waals surface area contributed by atoms with Gasteiger partial charge < -0.3 is 5.73 Å². The maximum Gasteiger partial charge on any atom is 0.0373 e. The second-order valence-electron chi connectivity index (χ2n) is 5.09. The third-order valence-corrected chi connectivity index (χ3v) is 3.65. The van der Waals surface area contributed by atoms with E-state index in [2.05, 4.69) is 68.5 Å². The Morgan fingerprint density at radius 3 is 2.37 bits per heavy atom. The summed E-state index contributed by atoms with van der Waals surface area (Å²) < 4.78 is 0. The highest BCUT2D eigenvalue weighted by Crippen LogP contribution is 2.31. The van der Waals surface area contributed by atoms with Gasteiger partial charge in [0.1, 0.15) is 0 Å². The summed E-state index contributed by atoms with van der Waals surface area (Å²) in [6.45, 7) is 4.12. The zero-order valence-electron chi connectivity index (χ0n) is 11.3. The van der Waals surface area contributed by atoms with Crippen LogP contribution in [0.3, 0.4) is 0 Å². The van der Waals surface area contributed by atoms with Gasteiger partial charge in [-0.25, -0.2) is 0 Å². The lowest BCUT2D eigenvalue weighted by Gasteiger charge is -2.07. The third-order valence-electron chi connectivity index (χ3n) is 3.65. The first kappa shape index (κ1) is 11.8. The molecule has 94 valence electrons. The molecule has 0 aliphatic heterocycles. The number of hydrogen-bond donors (Lipinski definition) is 1. The van der Waals surface area contributed by atoms with Crippen LogP contribution >= 0.6 is 0 Å². The van der Waals surface area contributed by atoms with Gasteiger partial charge in [-0.1, -0.05) is 36.4 Å². The molecule has 0 aromatic heterocycles. The molecule has 2 aromatic carbocycles. The van der Waals surface area contributed by atoms with Crippen LogP contribution in [0, 0.1) is 13.8 Å². The summed E-state index contributed by atoms with van der Waals surface area (Å²) in [5, 5.41) is 0. The molecule has 1 aliphatic rings. The first-order valence-corrected chi connectivity index (χ1v) is 6.51. The molecule has 1 heteroatoms. The molecule has 1 nitrogen and oxygen atoms in total. The van der Waals surface area contributed by atoms with E-state index in [1.165, 1.54) is 22.3 Å². The van der Waals surface area contributed by atoms with Gasteiger partial charge in [0.2, 0.25) is 0 Å². The van der Waals surface area contributed by atoms with E-state index in [0.717, 1.165) is 16.8 Å². The first-order valence-electron chi connectivity index (χ1n) is 6.51. The van der Waals surface area contributed by atoms with Crippen molar-refractivity contribution < 1.29 is 0 Å². The van der Waals surface area contributed by atoms with E-state index in [1.807, 2.05) is 0 Å². The van der Waals surface area contributed by atoms with Crippen molar-refractivity contribution in [2.24, 2.45) is 0 Å². The van der Waals surface area contributed by atoms with Crippen LogP contribution in [-0.4, -0.2) is 0 Å². The van der Waals surface area contributed by atoms with E-state index in [-0.39, 0.29) is 0 Å². The number of fused-ring (bicyclic) bond motifs is 1. The summed E-state index contributed by atoms with van der Waals surface area (Å²) in [7, 11) is 0. The van der Waals surface area contributed by atoms with E-state index in [9.17, 15) is 0 Å². The third kappa shape index (κ3) is 2.08. The number of aryl methyl sites for hydroxylation is 2. The topological polar surface area (TPSA) is 26.0 Å². The van der Waals surface area contributed by atoms with Crippen LogP contribution in [0.15, 0.2) is 42.5 Å². The molecule has 0 atom stereocenters. The van der Waals surface area contributed by atoms with Crippen LogP contribution in [-0.2, 0) is 0 Å². The number of allylic oxidation sites excluding steroid dienone is 2. The second kappa shape index (κ2) is 4.43. The number of rotatable bonds is 1. The van der Waals surface area contributed by atoms with Gasteiger partial charge >= 0.3 is 0 Å². The van der Waals surface area contributed by atoms with Gasteiger partial charge in [-0.15, -0.1) is 0 Å². The summed E-state index contributed by atoms with van der Waals surface area (Å²) in [6.07, 6.45) is 6.56.